The van der Waals surface area contributed by atoms with Gasteiger partial charge in [-0.15, -0.1) is 0 Å². The van der Waals surface area contributed by atoms with Crippen LogP contribution in [0.25, 0.3) is 0 Å². The van der Waals surface area contributed by atoms with Gasteiger partial charge < -0.3 is 18.1 Å². The maximum atomic E-state index is 12.6. The second-order valence-corrected chi connectivity index (χ2v) is 3.49. The minimum absolute atomic E-state index is 0. The van der Waals surface area contributed by atoms with Gasteiger partial charge >= 0.3 is 5.91 Å². The van der Waals surface area contributed by atoms with Gasteiger partial charge in [-0.2, -0.15) is 0 Å². The predicted octanol–water partition coefficient (Wildman–Crippen LogP) is -3.29. The van der Waals surface area contributed by atoms with Crippen molar-refractivity contribution in [1.29, 1.82) is 0 Å². The molecule has 0 bridgehead atoms. The van der Waals surface area contributed by atoms with E-state index in [0.717, 1.165) is 5.56 Å². The first-order valence-corrected chi connectivity index (χ1v) is 4.68. The molecule has 1 unspecified atom stereocenters. The first kappa shape index (κ1) is 12.9. The number of carbonyl (C=O) groups is 1. The van der Waals surface area contributed by atoms with Crippen molar-refractivity contribution >= 4 is 5.91 Å². The van der Waals surface area contributed by atoms with Crippen LogP contribution in [-0.4, -0.2) is 23.6 Å². The molecular formula is C10H12ClFN2O2. The molecule has 0 saturated carbocycles. The van der Waals surface area contributed by atoms with Crippen molar-refractivity contribution in [3.63, 3.8) is 0 Å². The Balaban J connectivity index is 0.00000128. The number of rotatable bonds is 2. The summed E-state index contributed by atoms with van der Waals surface area (Å²) in [5.74, 6) is -0.415. The smallest absolute Gasteiger partial charge is 0.307 e. The minimum Gasteiger partial charge on any atom is -1.00 e. The van der Waals surface area contributed by atoms with Gasteiger partial charge in [0, 0.05) is 0 Å². The molecule has 16 heavy (non-hydrogen) atoms. The van der Waals surface area contributed by atoms with E-state index in [1.807, 2.05) is 0 Å². The molecule has 1 aliphatic heterocycles. The van der Waals surface area contributed by atoms with E-state index in [1.165, 1.54) is 17.2 Å². The van der Waals surface area contributed by atoms with E-state index >= 15 is 0 Å². The van der Waals surface area contributed by atoms with Crippen LogP contribution in [-0.2, 0) is 16.2 Å². The fourth-order valence-electron chi connectivity index (χ4n) is 1.40. The molecule has 1 aromatic rings. The van der Waals surface area contributed by atoms with Gasteiger partial charge in [0.15, 0.2) is 6.04 Å². The molecule has 0 aromatic heterocycles. The Hall–Kier alpha value is -1.17. The molecule has 6 heteroatoms. The van der Waals surface area contributed by atoms with E-state index < -0.39 is 0 Å². The monoisotopic (exact) mass is 246 g/mol. The van der Waals surface area contributed by atoms with Crippen LogP contribution in [0.5, 0.6) is 0 Å². The molecule has 0 spiro atoms. The third-order valence-electron chi connectivity index (χ3n) is 2.27. The Labute approximate surface area is 98.5 Å². The number of hydrogen-bond acceptors (Lipinski definition) is 2. The second-order valence-electron chi connectivity index (χ2n) is 3.49. The van der Waals surface area contributed by atoms with Crippen LogP contribution in [0.1, 0.15) is 5.56 Å². The lowest BCUT2D eigenvalue weighted by molar-refractivity contribution is -0.402. The van der Waals surface area contributed by atoms with Gasteiger partial charge in [0.05, 0.1) is 6.54 Å². The Morgan fingerprint density at radius 2 is 2.06 bits per heavy atom. The number of quaternary nitrogens is 1. The standard InChI is InChI=1S/C10H11FN2O2.ClH/c11-8-3-1-7(2-4-8)5-13-10(14)9(12)6-15-13;/h1-4,9H,5-6,12H2;1H. The SMILES string of the molecule is [Cl-].[NH3+]C1CON(Cc2ccc(F)cc2)C1=O. The van der Waals surface area contributed by atoms with E-state index in [1.54, 1.807) is 12.1 Å². The average Bonchev–Trinajstić information content (AvgIpc) is 2.53. The van der Waals surface area contributed by atoms with Crippen LogP contribution in [0.4, 0.5) is 4.39 Å². The van der Waals surface area contributed by atoms with E-state index in [4.69, 9.17) is 4.84 Å². The van der Waals surface area contributed by atoms with Gasteiger partial charge in [-0.05, 0) is 17.7 Å². The molecule has 1 amide bonds. The van der Waals surface area contributed by atoms with Crippen LogP contribution in [0, 0.1) is 5.82 Å². The maximum absolute atomic E-state index is 12.6. The lowest BCUT2D eigenvalue weighted by atomic mass is 10.2. The second kappa shape index (κ2) is 5.25. The summed E-state index contributed by atoms with van der Waals surface area (Å²) in [6.45, 7) is 0.658. The number of amides is 1. The van der Waals surface area contributed by atoms with Crippen LogP contribution >= 0.6 is 0 Å². The molecule has 1 atom stereocenters. The highest BCUT2D eigenvalue weighted by atomic mass is 35.5. The highest BCUT2D eigenvalue weighted by Gasteiger charge is 2.33. The number of hydrogen-bond donors (Lipinski definition) is 1. The zero-order valence-corrected chi connectivity index (χ0v) is 9.28. The van der Waals surface area contributed by atoms with Crippen LogP contribution < -0.4 is 18.1 Å². The molecule has 1 aromatic carbocycles. The molecule has 1 fully saturated rings. The molecule has 0 radical (unpaired) electrons. The molecule has 4 nitrogen and oxygen atoms in total. The topological polar surface area (TPSA) is 57.2 Å². The zero-order chi connectivity index (χ0) is 10.8. The quantitative estimate of drug-likeness (QED) is 0.595. The first-order valence-electron chi connectivity index (χ1n) is 4.68. The van der Waals surface area contributed by atoms with Crippen molar-refractivity contribution in [3.8, 4) is 0 Å². The van der Waals surface area contributed by atoms with Crippen molar-refractivity contribution in [1.82, 2.24) is 5.06 Å². The summed E-state index contributed by atoms with van der Waals surface area (Å²) in [4.78, 5) is 16.6. The van der Waals surface area contributed by atoms with Gasteiger partial charge in [0.25, 0.3) is 0 Å². The Kier molecular flexibility index (Phi) is 4.23. The van der Waals surface area contributed by atoms with E-state index in [-0.39, 0.29) is 30.2 Å². The summed E-state index contributed by atoms with van der Waals surface area (Å²) >= 11 is 0. The van der Waals surface area contributed by atoms with E-state index in [0.29, 0.717) is 13.2 Å². The molecule has 0 aliphatic carbocycles. The van der Waals surface area contributed by atoms with Crippen molar-refractivity contribution in [3.05, 3.63) is 35.6 Å². The van der Waals surface area contributed by atoms with Crippen LogP contribution in [0.3, 0.4) is 0 Å². The molecule has 3 N–H and O–H groups in total. The van der Waals surface area contributed by atoms with Crippen molar-refractivity contribution < 1.29 is 32.2 Å². The normalized spacial score (nSPS) is 19.8. The van der Waals surface area contributed by atoms with Crippen molar-refractivity contribution in [2.45, 2.75) is 12.6 Å². The summed E-state index contributed by atoms with van der Waals surface area (Å²) in [5.41, 5.74) is 4.48. The maximum Gasteiger partial charge on any atom is 0.307 e. The highest BCUT2D eigenvalue weighted by Crippen LogP contribution is 2.11. The van der Waals surface area contributed by atoms with Gasteiger partial charge in [-0.1, -0.05) is 12.1 Å². The minimum atomic E-state index is -0.328. The van der Waals surface area contributed by atoms with Gasteiger partial charge in [-0.25, -0.2) is 9.45 Å². The number of halogens is 2. The highest BCUT2D eigenvalue weighted by molar-refractivity contribution is 5.80. The van der Waals surface area contributed by atoms with Gasteiger partial charge in [0.1, 0.15) is 12.4 Å². The molecular weight excluding hydrogens is 235 g/mol. The zero-order valence-electron chi connectivity index (χ0n) is 8.53. The molecule has 1 heterocycles. The number of hydroxylamine groups is 2. The number of nitrogens with zero attached hydrogens (tertiary/aromatic N) is 1. The molecule has 1 saturated heterocycles. The largest absolute Gasteiger partial charge is 1.00 e. The Morgan fingerprint density at radius 3 is 2.56 bits per heavy atom. The third kappa shape index (κ3) is 2.69. The Morgan fingerprint density at radius 1 is 1.44 bits per heavy atom. The third-order valence-corrected chi connectivity index (χ3v) is 2.27. The van der Waals surface area contributed by atoms with Crippen LogP contribution in [0.2, 0.25) is 0 Å². The summed E-state index contributed by atoms with van der Waals surface area (Å²) < 4.78 is 12.6. The molecule has 1 aliphatic rings. The van der Waals surface area contributed by atoms with Crippen molar-refractivity contribution in [2.75, 3.05) is 6.61 Å². The predicted molar refractivity (Wildman–Crippen MR) is 49.6 cm³/mol. The summed E-state index contributed by atoms with van der Waals surface area (Å²) in [7, 11) is 0. The molecule has 2 rings (SSSR count). The molecule has 88 valence electrons. The van der Waals surface area contributed by atoms with Crippen LogP contribution in [0.15, 0.2) is 24.3 Å². The van der Waals surface area contributed by atoms with Gasteiger partial charge in [0.2, 0.25) is 0 Å². The average molecular weight is 247 g/mol. The summed E-state index contributed by atoms with van der Waals surface area (Å²) in [6.07, 6.45) is 0. The van der Waals surface area contributed by atoms with E-state index in [2.05, 4.69) is 5.73 Å². The van der Waals surface area contributed by atoms with Crippen molar-refractivity contribution in [2.24, 2.45) is 0 Å². The first-order chi connectivity index (χ1) is 7.16. The lowest BCUT2D eigenvalue weighted by Gasteiger charge is -2.12. The summed E-state index contributed by atoms with van der Waals surface area (Å²) in [6, 6.07) is 5.64. The summed E-state index contributed by atoms with van der Waals surface area (Å²) in [5, 5.41) is 1.27. The van der Waals surface area contributed by atoms with E-state index in [9.17, 15) is 9.18 Å². The fourth-order valence-corrected chi connectivity index (χ4v) is 1.40. The fraction of sp³-hybridized carbons (Fsp3) is 0.300. The van der Waals surface area contributed by atoms with Gasteiger partial charge in [-0.3, -0.25) is 9.63 Å². The lowest BCUT2D eigenvalue weighted by Crippen LogP contribution is -3.00. The Bertz CT molecular complexity index is 372. The number of carbonyl (C=O) groups excluding carboxylic acids is 1. The number of benzene rings is 1.